The number of hydrogen-bond donors (Lipinski definition) is 1. The molecule has 0 amide bonds. The fourth-order valence-corrected chi connectivity index (χ4v) is 8.75. The van der Waals surface area contributed by atoms with Crippen LogP contribution in [0.2, 0.25) is 0 Å². The second-order valence-corrected chi connectivity index (χ2v) is 15.7. The van der Waals surface area contributed by atoms with Crippen LogP contribution in [0.4, 0.5) is 5.69 Å². The monoisotopic (exact) mass is 661 g/mol. The predicted octanol–water partition coefficient (Wildman–Crippen LogP) is 5.94. The zero-order valence-corrected chi connectivity index (χ0v) is 28.2. The van der Waals surface area contributed by atoms with Crippen molar-refractivity contribution in [3.63, 3.8) is 0 Å². The number of sulfone groups is 1. The summed E-state index contributed by atoms with van der Waals surface area (Å²) in [5, 5.41) is 12.0. The number of benzene rings is 3. The lowest BCUT2D eigenvalue weighted by atomic mass is 9.83. The molecule has 1 atom stereocenters. The predicted molar refractivity (Wildman–Crippen MR) is 183 cm³/mol. The second-order valence-electron chi connectivity index (χ2n) is 12.4. The van der Waals surface area contributed by atoms with E-state index in [1.54, 1.807) is 36.6 Å². The van der Waals surface area contributed by atoms with Gasteiger partial charge in [-0.15, -0.1) is 0 Å². The van der Waals surface area contributed by atoms with Crippen molar-refractivity contribution in [2.75, 3.05) is 43.9 Å². The molecule has 0 spiro atoms. The molecule has 244 valence electrons. The van der Waals surface area contributed by atoms with Crippen LogP contribution in [0.15, 0.2) is 93.7 Å². The number of nitrogens with zero attached hydrogens (tertiary/aromatic N) is 3. The molecule has 6 rings (SSSR count). The Balaban J connectivity index is 1.26. The largest absolute Gasteiger partial charge is 0.612 e. The molecule has 1 unspecified atom stereocenters. The molecule has 10 heteroatoms. The molecule has 2 aliphatic rings. The van der Waals surface area contributed by atoms with Crippen LogP contribution >= 0.6 is 0 Å². The average molecular weight is 662 g/mol. The molecule has 46 heavy (non-hydrogen) atoms. The molecular formula is C36H43N3O5S2. The van der Waals surface area contributed by atoms with E-state index >= 15 is 0 Å². The van der Waals surface area contributed by atoms with E-state index in [0.717, 1.165) is 44.3 Å². The molecule has 3 aromatic carbocycles. The lowest BCUT2D eigenvalue weighted by Crippen LogP contribution is -2.50. The van der Waals surface area contributed by atoms with Crippen molar-refractivity contribution in [3.05, 3.63) is 84.6 Å². The molecule has 0 bridgehead atoms. The van der Waals surface area contributed by atoms with E-state index in [1.165, 1.54) is 6.20 Å². The van der Waals surface area contributed by atoms with Crippen LogP contribution in [-0.4, -0.2) is 73.0 Å². The Kier molecular flexibility index (Phi) is 9.91. The van der Waals surface area contributed by atoms with Gasteiger partial charge in [-0.25, -0.2) is 8.42 Å². The van der Waals surface area contributed by atoms with Crippen molar-refractivity contribution in [1.82, 2.24) is 9.88 Å². The molecule has 1 aromatic heterocycles. The normalized spacial score (nSPS) is 18.5. The number of unbranched alkanes of at least 4 members (excludes halogenated alkanes) is 1. The first kappa shape index (κ1) is 32.8. The summed E-state index contributed by atoms with van der Waals surface area (Å²) in [5.74, 6) is 0.640. The Morgan fingerprint density at radius 1 is 1.00 bits per heavy atom. The smallest absolute Gasteiger partial charge is 0.210 e. The zero-order valence-electron chi connectivity index (χ0n) is 26.6. The zero-order chi connectivity index (χ0) is 32.3. The van der Waals surface area contributed by atoms with Crippen molar-refractivity contribution >= 4 is 37.6 Å². The number of fused-ring (bicyclic) bond motifs is 1. The SMILES string of the molecule is CCCCOc1ccc(S(=O)(=O)c2cnc3ccc([S+](C)[O-])cc3c2N2CCC(N3CCC(O)(c4ccccc4)CC3)CC2)cc1. The molecule has 4 aromatic rings. The molecule has 0 aliphatic carbocycles. The van der Waals surface area contributed by atoms with Crippen LogP contribution < -0.4 is 9.64 Å². The minimum absolute atomic E-state index is 0.156. The minimum Gasteiger partial charge on any atom is -0.612 e. The number of aromatic nitrogens is 1. The Hall–Kier alpha value is -3.15. The summed E-state index contributed by atoms with van der Waals surface area (Å²) in [5.41, 5.74) is 1.47. The number of rotatable bonds is 10. The van der Waals surface area contributed by atoms with Crippen LogP contribution in [0.5, 0.6) is 5.75 Å². The summed E-state index contributed by atoms with van der Waals surface area (Å²) in [6.07, 6.45) is 8.17. The van der Waals surface area contributed by atoms with Gasteiger partial charge in [-0.1, -0.05) is 43.7 Å². The van der Waals surface area contributed by atoms with Gasteiger partial charge in [0.25, 0.3) is 0 Å². The summed E-state index contributed by atoms with van der Waals surface area (Å²) in [4.78, 5) is 10.2. The summed E-state index contributed by atoms with van der Waals surface area (Å²) in [6, 6.07) is 22.4. The van der Waals surface area contributed by atoms with Gasteiger partial charge in [0.05, 0.1) is 28.3 Å². The topological polar surface area (TPSA) is 106 Å². The van der Waals surface area contributed by atoms with Crippen molar-refractivity contribution in [2.24, 2.45) is 0 Å². The van der Waals surface area contributed by atoms with E-state index in [4.69, 9.17) is 4.74 Å². The first-order valence-corrected chi connectivity index (χ1v) is 19.2. The first-order valence-electron chi connectivity index (χ1n) is 16.2. The molecule has 8 nitrogen and oxygen atoms in total. The van der Waals surface area contributed by atoms with Gasteiger partial charge in [-0.05, 0) is 85.2 Å². The average Bonchev–Trinajstić information content (AvgIpc) is 3.08. The van der Waals surface area contributed by atoms with Crippen molar-refractivity contribution in [2.45, 2.75) is 71.8 Å². The number of anilines is 1. The molecule has 1 N–H and O–H groups in total. The highest BCUT2D eigenvalue weighted by atomic mass is 32.2. The number of aliphatic hydroxyl groups is 1. The van der Waals surface area contributed by atoms with Gasteiger partial charge < -0.3 is 24.2 Å². The molecular weight excluding hydrogens is 619 g/mol. The van der Waals surface area contributed by atoms with E-state index in [1.807, 2.05) is 42.5 Å². The first-order chi connectivity index (χ1) is 22.2. The lowest BCUT2D eigenvalue weighted by Gasteiger charge is -2.45. The van der Waals surface area contributed by atoms with E-state index in [9.17, 15) is 18.1 Å². The Bertz CT molecular complexity index is 1730. The fourth-order valence-electron chi connectivity index (χ4n) is 6.77. The van der Waals surface area contributed by atoms with Crippen molar-refractivity contribution in [3.8, 4) is 5.75 Å². The Morgan fingerprint density at radius 2 is 1.70 bits per heavy atom. The molecule has 0 saturated carbocycles. The van der Waals surface area contributed by atoms with Gasteiger partial charge in [-0.3, -0.25) is 4.98 Å². The summed E-state index contributed by atoms with van der Waals surface area (Å²) >= 11 is -1.23. The minimum atomic E-state index is -3.93. The third-order valence-electron chi connectivity index (χ3n) is 9.53. The summed E-state index contributed by atoms with van der Waals surface area (Å²) in [6.45, 7) is 5.67. The van der Waals surface area contributed by atoms with Crippen molar-refractivity contribution < 1.29 is 22.8 Å². The lowest BCUT2D eigenvalue weighted by molar-refractivity contribution is -0.0379. The van der Waals surface area contributed by atoms with Crippen LogP contribution in [0, 0.1) is 0 Å². The number of likely N-dealkylation sites (tertiary alicyclic amines) is 1. The molecule has 2 fully saturated rings. The maximum absolute atomic E-state index is 14.2. The summed E-state index contributed by atoms with van der Waals surface area (Å²) < 4.78 is 46.7. The highest BCUT2D eigenvalue weighted by Crippen LogP contribution is 2.40. The maximum atomic E-state index is 14.2. The highest BCUT2D eigenvalue weighted by molar-refractivity contribution is 7.91. The van der Waals surface area contributed by atoms with Gasteiger partial charge in [0.15, 0.2) is 4.90 Å². The van der Waals surface area contributed by atoms with Crippen LogP contribution in [0.1, 0.15) is 51.0 Å². The van der Waals surface area contributed by atoms with E-state index < -0.39 is 26.6 Å². The number of ether oxygens (including phenoxy) is 1. The number of hydrogen-bond acceptors (Lipinski definition) is 8. The Labute approximate surface area is 275 Å². The van der Waals surface area contributed by atoms with E-state index in [0.29, 0.717) is 65.8 Å². The standard InChI is InChI=1S/C36H43N3O5S2/c1-3-4-24-44-29-10-13-31(14-11-29)46(42,43)34-26-37-33-15-12-30(45(2)41)25-32(33)35(34)39-20-16-28(17-21-39)38-22-18-36(40,19-23-38)27-8-6-5-7-9-27/h5-15,25-26,28,40H,3-4,16-24H2,1-2H3. The van der Waals surface area contributed by atoms with E-state index in [2.05, 4.69) is 21.7 Å². The van der Waals surface area contributed by atoms with E-state index in [-0.39, 0.29) is 9.79 Å². The Morgan fingerprint density at radius 3 is 2.35 bits per heavy atom. The quantitative estimate of drug-likeness (QED) is 0.165. The fraction of sp³-hybridized carbons (Fsp3) is 0.417. The van der Waals surface area contributed by atoms with Crippen LogP contribution in [-0.2, 0) is 26.6 Å². The number of piperidine rings is 2. The number of pyridine rings is 1. The maximum Gasteiger partial charge on any atom is 0.210 e. The van der Waals surface area contributed by atoms with Gasteiger partial charge in [0, 0.05) is 49.9 Å². The van der Waals surface area contributed by atoms with Gasteiger partial charge in [0.2, 0.25) is 9.84 Å². The summed E-state index contributed by atoms with van der Waals surface area (Å²) in [7, 11) is -3.93. The third-order valence-corrected chi connectivity index (χ3v) is 12.2. The van der Waals surface area contributed by atoms with Crippen LogP contribution in [0.3, 0.4) is 0 Å². The highest BCUT2D eigenvalue weighted by Gasteiger charge is 2.37. The van der Waals surface area contributed by atoms with Gasteiger partial charge in [-0.2, -0.15) is 0 Å². The molecule has 2 aliphatic heterocycles. The molecule has 0 radical (unpaired) electrons. The second kappa shape index (κ2) is 13.9. The van der Waals surface area contributed by atoms with Crippen molar-refractivity contribution in [1.29, 1.82) is 0 Å². The van der Waals surface area contributed by atoms with Gasteiger partial charge in [0.1, 0.15) is 16.9 Å². The third kappa shape index (κ3) is 6.78. The van der Waals surface area contributed by atoms with Gasteiger partial charge >= 0.3 is 0 Å². The molecule has 2 saturated heterocycles. The van der Waals surface area contributed by atoms with Crippen LogP contribution in [0.25, 0.3) is 10.9 Å². The molecule has 3 heterocycles.